The van der Waals surface area contributed by atoms with Gasteiger partial charge in [-0.05, 0) is 12.1 Å². The van der Waals surface area contributed by atoms with Gasteiger partial charge < -0.3 is 10.2 Å². The molecule has 6 heteroatoms. The van der Waals surface area contributed by atoms with Gasteiger partial charge in [0, 0.05) is 0 Å². The molecule has 0 atom stereocenters. The first-order valence-electron chi connectivity index (χ1n) is 3.18. The van der Waals surface area contributed by atoms with Gasteiger partial charge in [-0.2, -0.15) is 0 Å². The summed E-state index contributed by atoms with van der Waals surface area (Å²) in [6.07, 6.45) is 0. The van der Waals surface area contributed by atoms with Crippen molar-refractivity contribution in [3.8, 4) is 0 Å². The van der Waals surface area contributed by atoms with Crippen molar-refractivity contribution in [2.45, 2.75) is 0 Å². The zero-order valence-electron chi connectivity index (χ0n) is 8.02. The Kier molecular flexibility index (Phi) is 10.9. The Morgan fingerprint density at radius 2 is 1.14 bits per heavy atom. The summed E-state index contributed by atoms with van der Waals surface area (Å²) in [7, 11) is 0. The summed E-state index contributed by atoms with van der Waals surface area (Å²) >= 11 is 0. The standard InChI is InChI=1S/C8H6O4.2K/c9-7(10)5-3-1-2-4-6(5)8(11)12;;/h1-4H,(H,9,10)(H,11,12);;/q;2*+1. The van der Waals surface area contributed by atoms with Crippen LogP contribution in [0.3, 0.4) is 0 Å². The van der Waals surface area contributed by atoms with E-state index in [1.807, 2.05) is 0 Å². The van der Waals surface area contributed by atoms with E-state index >= 15 is 0 Å². The first kappa shape index (κ1) is 17.8. The Morgan fingerprint density at radius 1 is 0.857 bits per heavy atom. The molecule has 0 fully saturated rings. The van der Waals surface area contributed by atoms with Crippen LogP contribution in [0.2, 0.25) is 0 Å². The van der Waals surface area contributed by atoms with Crippen molar-refractivity contribution >= 4 is 11.9 Å². The number of aromatic carboxylic acids is 2. The number of rotatable bonds is 2. The van der Waals surface area contributed by atoms with Crippen LogP contribution in [0.1, 0.15) is 20.7 Å². The SMILES string of the molecule is O=C(O)c1ccccc1C(=O)O.[K+].[K+]. The molecule has 0 saturated heterocycles. The molecule has 1 aromatic carbocycles. The molecule has 0 bridgehead atoms. The van der Waals surface area contributed by atoms with Crippen LogP contribution in [0.25, 0.3) is 0 Å². The topological polar surface area (TPSA) is 74.6 Å². The minimum absolute atomic E-state index is 0. The minimum atomic E-state index is -1.23. The maximum atomic E-state index is 10.5. The van der Waals surface area contributed by atoms with Crippen LogP contribution in [-0.4, -0.2) is 22.2 Å². The minimum Gasteiger partial charge on any atom is -0.478 e. The van der Waals surface area contributed by atoms with Gasteiger partial charge in [-0.15, -0.1) is 0 Å². The molecule has 0 amide bonds. The number of carboxylic acids is 2. The van der Waals surface area contributed by atoms with Crippen molar-refractivity contribution in [2.75, 3.05) is 0 Å². The van der Waals surface area contributed by atoms with Crippen molar-refractivity contribution in [1.29, 1.82) is 0 Å². The maximum absolute atomic E-state index is 10.5. The molecule has 1 rings (SSSR count). The quantitative estimate of drug-likeness (QED) is 0.511. The van der Waals surface area contributed by atoms with E-state index in [2.05, 4.69) is 0 Å². The van der Waals surface area contributed by atoms with Crippen LogP contribution in [0.15, 0.2) is 24.3 Å². The van der Waals surface area contributed by atoms with E-state index in [0.29, 0.717) is 0 Å². The Hall–Kier alpha value is 1.43. The van der Waals surface area contributed by atoms with Gasteiger partial charge >= 0.3 is 115 Å². The second kappa shape index (κ2) is 8.57. The second-order valence-corrected chi connectivity index (χ2v) is 2.16. The molecule has 2 N–H and O–H groups in total. The Morgan fingerprint density at radius 3 is 1.36 bits per heavy atom. The van der Waals surface area contributed by atoms with Gasteiger partial charge in [0.05, 0.1) is 11.1 Å². The maximum Gasteiger partial charge on any atom is 1.00 e. The summed E-state index contributed by atoms with van der Waals surface area (Å²) in [5.41, 5.74) is -0.380. The van der Waals surface area contributed by atoms with Crippen molar-refractivity contribution in [3.63, 3.8) is 0 Å². The molecule has 4 nitrogen and oxygen atoms in total. The van der Waals surface area contributed by atoms with Gasteiger partial charge in [-0.25, -0.2) is 9.59 Å². The molecule has 0 aromatic heterocycles. The molecule has 0 aliphatic rings. The fourth-order valence-electron chi connectivity index (χ4n) is 0.856. The van der Waals surface area contributed by atoms with Gasteiger partial charge in [-0.3, -0.25) is 0 Å². The van der Waals surface area contributed by atoms with Gasteiger partial charge in [-0.1, -0.05) is 12.1 Å². The zero-order valence-corrected chi connectivity index (χ0v) is 14.3. The van der Waals surface area contributed by atoms with E-state index in [1.165, 1.54) is 24.3 Å². The average molecular weight is 244 g/mol. The summed E-state index contributed by atoms with van der Waals surface area (Å²) in [4.78, 5) is 20.9. The van der Waals surface area contributed by atoms with Gasteiger partial charge in [0.2, 0.25) is 0 Å². The van der Waals surface area contributed by atoms with Gasteiger partial charge in [0.15, 0.2) is 0 Å². The van der Waals surface area contributed by atoms with Crippen LogP contribution in [-0.2, 0) is 0 Å². The number of benzene rings is 1. The Balaban J connectivity index is 0. The van der Waals surface area contributed by atoms with Crippen molar-refractivity contribution in [1.82, 2.24) is 0 Å². The van der Waals surface area contributed by atoms with Crippen LogP contribution in [0.5, 0.6) is 0 Å². The fraction of sp³-hybridized carbons (Fsp3) is 0. The third-order valence-electron chi connectivity index (χ3n) is 1.39. The predicted molar refractivity (Wildman–Crippen MR) is 40.4 cm³/mol. The molecule has 0 spiro atoms. The van der Waals surface area contributed by atoms with E-state index in [4.69, 9.17) is 10.2 Å². The van der Waals surface area contributed by atoms with Crippen LogP contribution < -0.4 is 103 Å². The number of hydrogen-bond acceptors (Lipinski definition) is 2. The predicted octanol–water partition coefficient (Wildman–Crippen LogP) is -4.91. The summed E-state index contributed by atoms with van der Waals surface area (Å²) in [6, 6.07) is 5.48. The molecule has 0 heterocycles. The summed E-state index contributed by atoms with van der Waals surface area (Å²) in [5.74, 6) is -2.46. The van der Waals surface area contributed by atoms with E-state index in [0.717, 1.165) is 0 Å². The molecule has 0 unspecified atom stereocenters. The second-order valence-electron chi connectivity index (χ2n) is 2.16. The smallest absolute Gasteiger partial charge is 0.478 e. The molecule has 0 aliphatic carbocycles. The third-order valence-corrected chi connectivity index (χ3v) is 1.39. The molecule has 1 aromatic rings. The van der Waals surface area contributed by atoms with E-state index < -0.39 is 11.9 Å². The normalized spacial score (nSPS) is 8.00. The molecule has 0 saturated carbocycles. The monoisotopic (exact) mass is 244 g/mol. The number of carboxylic acid groups (broad SMARTS) is 2. The zero-order chi connectivity index (χ0) is 9.14. The molecule has 0 radical (unpaired) electrons. The number of carbonyl (C=O) groups is 2. The van der Waals surface area contributed by atoms with Gasteiger partial charge in [0.1, 0.15) is 0 Å². The summed E-state index contributed by atoms with van der Waals surface area (Å²) in [6.45, 7) is 0. The molecule has 14 heavy (non-hydrogen) atoms. The molecular weight excluding hydrogens is 238 g/mol. The van der Waals surface area contributed by atoms with Crippen molar-refractivity contribution < 1.29 is 123 Å². The van der Waals surface area contributed by atoms with Crippen molar-refractivity contribution in [2.24, 2.45) is 0 Å². The first-order chi connectivity index (χ1) is 5.63. The molecule has 62 valence electrons. The van der Waals surface area contributed by atoms with E-state index in [1.54, 1.807) is 0 Å². The van der Waals surface area contributed by atoms with E-state index in [-0.39, 0.29) is 114 Å². The van der Waals surface area contributed by atoms with Crippen molar-refractivity contribution in [3.05, 3.63) is 35.4 Å². The number of hydrogen-bond donors (Lipinski definition) is 2. The largest absolute Gasteiger partial charge is 1.00 e. The molecular formula is C8H6K2O4+2. The summed E-state index contributed by atoms with van der Waals surface area (Å²) < 4.78 is 0. The average Bonchev–Trinajstić information content (AvgIpc) is 2.04. The Labute approximate surface area is 166 Å². The van der Waals surface area contributed by atoms with Gasteiger partial charge in [0.25, 0.3) is 0 Å². The fourth-order valence-corrected chi connectivity index (χ4v) is 0.856. The van der Waals surface area contributed by atoms with Crippen LogP contribution in [0, 0.1) is 0 Å². The first-order valence-corrected chi connectivity index (χ1v) is 3.18. The summed E-state index contributed by atoms with van der Waals surface area (Å²) in [5, 5.41) is 17.1. The third kappa shape index (κ3) is 4.97. The molecule has 0 aliphatic heterocycles. The van der Waals surface area contributed by atoms with Crippen LogP contribution in [0.4, 0.5) is 0 Å². The van der Waals surface area contributed by atoms with Crippen LogP contribution >= 0.6 is 0 Å². The van der Waals surface area contributed by atoms with E-state index in [9.17, 15) is 9.59 Å². The Bertz CT molecular complexity index is 305.